The molecule has 0 amide bonds. The fraction of sp³-hybridized carbons (Fsp3) is 0.111. The quantitative estimate of drug-likeness (QED) is 0.812. The second kappa shape index (κ2) is 4.26. The lowest BCUT2D eigenvalue weighted by Gasteiger charge is -2.10. The first-order valence-electron chi connectivity index (χ1n) is 4.38. The average molecular weight is 324 g/mol. The summed E-state index contributed by atoms with van der Waals surface area (Å²) in [4.78, 5) is 0. The van der Waals surface area contributed by atoms with Crippen LogP contribution in [0.25, 0.3) is 5.69 Å². The van der Waals surface area contributed by atoms with Crippen LogP contribution < -0.4 is 0 Å². The molecule has 1 N–H and O–H groups in total. The van der Waals surface area contributed by atoms with E-state index in [1.807, 2.05) is 0 Å². The molecule has 8 heteroatoms. The minimum Gasteiger partial charge on any atom is -0.275 e. The third-order valence-corrected chi connectivity index (χ3v) is 2.79. The summed E-state index contributed by atoms with van der Waals surface area (Å²) in [6.07, 6.45) is -3.07. The topological polar surface area (TPSA) is 33.6 Å². The highest BCUT2D eigenvalue weighted by Crippen LogP contribution is 2.32. The number of hydrogen-bond acceptors (Lipinski definition) is 2. The number of aromatic amines is 1. The standard InChI is InChI=1S/C9H5BrF3N3S/c10-6-1-5(9(11,12)13)2-7(3-6)16-4-14-15-8(16)17/h1-4H,(H,15,17). The summed E-state index contributed by atoms with van der Waals surface area (Å²) < 4.78 is 39.7. The molecule has 2 aromatic rings. The summed E-state index contributed by atoms with van der Waals surface area (Å²) >= 11 is 7.93. The molecule has 0 aliphatic carbocycles. The van der Waals surface area contributed by atoms with Crippen molar-refractivity contribution in [2.45, 2.75) is 6.18 Å². The van der Waals surface area contributed by atoms with Crippen LogP contribution in [0.5, 0.6) is 0 Å². The summed E-state index contributed by atoms with van der Waals surface area (Å²) in [7, 11) is 0. The summed E-state index contributed by atoms with van der Waals surface area (Å²) in [5, 5.41) is 6.13. The minimum absolute atomic E-state index is 0.233. The van der Waals surface area contributed by atoms with E-state index in [1.54, 1.807) is 0 Å². The lowest BCUT2D eigenvalue weighted by atomic mass is 10.2. The smallest absolute Gasteiger partial charge is 0.275 e. The molecule has 0 saturated carbocycles. The molecular formula is C9H5BrF3N3S. The van der Waals surface area contributed by atoms with Crippen LogP contribution in [0.1, 0.15) is 5.56 Å². The second-order valence-electron chi connectivity index (χ2n) is 3.23. The van der Waals surface area contributed by atoms with Crippen LogP contribution in [0.4, 0.5) is 13.2 Å². The fourth-order valence-corrected chi connectivity index (χ4v) is 2.00. The van der Waals surface area contributed by atoms with Crippen molar-refractivity contribution in [1.29, 1.82) is 0 Å². The summed E-state index contributed by atoms with van der Waals surface area (Å²) in [5.41, 5.74) is -0.449. The third-order valence-electron chi connectivity index (χ3n) is 2.04. The molecule has 0 radical (unpaired) electrons. The Morgan fingerprint density at radius 3 is 2.53 bits per heavy atom. The fourth-order valence-electron chi connectivity index (χ4n) is 1.31. The van der Waals surface area contributed by atoms with Crippen molar-refractivity contribution in [3.05, 3.63) is 39.3 Å². The van der Waals surface area contributed by atoms with Gasteiger partial charge in [0.05, 0.1) is 11.3 Å². The van der Waals surface area contributed by atoms with Gasteiger partial charge in [-0.3, -0.25) is 9.67 Å². The van der Waals surface area contributed by atoms with E-state index in [4.69, 9.17) is 12.2 Å². The van der Waals surface area contributed by atoms with E-state index in [0.717, 1.165) is 12.1 Å². The number of aromatic nitrogens is 3. The van der Waals surface area contributed by atoms with Crippen LogP contribution in [0.3, 0.4) is 0 Å². The van der Waals surface area contributed by atoms with E-state index in [9.17, 15) is 13.2 Å². The summed E-state index contributed by atoms with van der Waals surface area (Å²) in [5.74, 6) is 0. The molecule has 2 rings (SSSR count). The Morgan fingerprint density at radius 2 is 2.00 bits per heavy atom. The molecular weight excluding hydrogens is 319 g/mol. The molecule has 0 bridgehead atoms. The maximum Gasteiger partial charge on any atom is 0.416 e. The largest absolute Gasteiger partial charge is 0.416 e. The molecule has 0 aliphatic heterocycles. The van der Waals surface area contributed by atoms with Crippen LogP contribution in [-0.4, -0.2) is 14.8 Å². The monoisotopic (exact) mass is 323 g/mol. The Kier molecular flexibility index (Phi) is 3.09. The van der Waals surface area contributed by atoms with Crippen LogP contribution in [0.2, 0.25) is 0 Å². The molecule has 0 atom stereocenters. The maximum absolute atomic E-state index is 12.6. The molecule has 0 aliphatic rings. The normalized spacial score (nSPS) is 11.8. The van der Waals surface area contributed by atoms with Crippen molar-refractivity contribution in [3.8, 4) is 5.69 Å². The maximum atomic E-state index is 12.6. The SMILES string of the molecule is FC(F)(F)c1cc(Br)cc(-n2cn[nH]c2=S)c1. The molecule has 90 valence electrons. The molecule has 1 aromatic carbocycles. The van der Waals surface area contributed by atoms with Gasteiger partial charge in [-0.25, -0.2) is 0 Å². The zero-order valence-corrected chi connectivity index (χ0v) is 10.5. The first kappa shape index (κ1) is 12.3. The predicted octanol–water partition coefficient (Wildman–Crippen LogP) is 3.71. The van der Waals surface area contributed by atoms with Gasteiger partial charge in [0.1, 0.15) is 6.33 Å². The Labute approximate surface area is 107 Å². The van der Waals surface area contributed by atoms with Gasteiger partial charge in [-0.05, 0) is 30.4 Å². The third kappa shape index (κ3) is 2.58. The molecule has 17 heavy (non-hydrogen) atoms. The van der Waals surface area contributed by atoms with E-state index in [1.165, 1.54) is 17.0 Å². The van der Waals surface area contributed by atoms with Crippen molar-refractivity contribution < 1.29 is 13.2 Å². The molecule has 0 fully saturated rings. The highest BCUT2D eigenvalue weighted by Gasteiger charge is 2.31. The van der Waals surface area contributed by atoms with E-state index in [-0.39, 0.29) is 4.77 Å². The first-order chi connectivity index (χ1) is 7.88. The number of rotatable bonds is 1. The lowest BCUT2D eigenvalue weighted by Crippen LogP contribution is -2.06. The average Bonchev–Trinajstić information content (AvgIpc) is 2.62. The van der Waals surface area contributed by atoms with E-state index < -0.39 is 11.7 Å². The Bertz CT molecular complexity index is 602. The number of H-pyrrole nitrogens is 1. The van der Waals surface area contributed by atoms with Crippen molar-refractivity contribution >= 4 is 28.1 Å². The van der Waals surface area contributed by atoms with Crippen molar-refractivity contribution in [2.24, 2.45) is 0 Å². The summed E-state index contributed by atoms with van der Waals surface area (Å²) in [6.45, 7) is 0. The lowest BCUT2D eigenvalue weighted by molar-refractivity contribution is -0.137. The minimum atomic E-state index is -4.40. The molecule has 0 saturated heterocycles. The zero-order valence-electron chi connectivity index (χ0n) is 8.12. The Morgan fingerprint density at radius 1 is 1.29 bits per heavy atom. The van der Waals surface area contributed by atoms with Crippen LogP contribution in [0.15, 0.2) is 29.0 Å². The van der Waals surface area contributed by atoms with E-state index >= 15 is 0 Å². The summed E-state index contributed by atoms with van der Waals surface area (Å²) in [6, 6.07) is 3.55. The number of nitrogens with one attached hydrogen (secondary N) is 1. The van der Waals surface area contributed by atoms with Gasteiger partial charge in [-0.15, -0.1) is 0 Å². The van der Waals surface area contributed by atoms with Gasteiger partial charge < -0.3 is 0 Å². The predicted molar refractivity (Wildman–Crippen MR) is 61.5 cm³/mol. The van der Waals surface area contributed by atoms with Gasteiger partial charge in [-0.1, -0.05) is 15.9 Å². The number of nitrogens with zero attached hydrogens (tertiary/aromatic N) is 2. The van der Waals surface area contributed by atoms with Crippen LogP contribution in [-0.2, 0) is 6.18 Å². The first-order valence-corrected chi connectivity index (χ1v) is 5.58. The van der Waals surface area contributed by atoms with Gasteiger partial charge in [-0.2, -0.15) is 18.3 Å². The Balaban J connectivity index is 2.61. The molecule has 1 heterocycles. The molecule has 0 unspecified atom stereocenters. The number of alkyl halides is 3. The van der Waals surface area contributed by atoms with Crippen molar-refractivity contribution in [3.63, 3.8) is 0 Å². The van der Waals surface area contributed by atoms with E-state index in [2.05, 4.69) is 26.1 Å². The van der Waals surface area contributed by atoms with Gasteiger partial charge in [0.15, 0.2) is 4.77 Å². The second-order valence-corrected chi connectivity index (χ2v) is 4.53. The molecule has 3 nitrogen and oxygen atoms in total. The molecule has 0 spiro atoms. The van der Waals surface area contributed by atoms with Crippen molar-refractivity contribution in [2.75, 3.05) is 0 Å². The number of halogens is 4. The molecule has 1 aromatic heterocycles. The number of benzene rings is 1. The highest BCUT2D eigenvalue weighted by atomic mass is 79.9. The van der Waals surface area contributed by atoms with E-state index in [0.29, 0.717) is 10.2 Å². The van der Waals surface area contributed by atoms with Crippen LogP contribution in [0, 0.1) is 4.77 Å². The zero-order chi connectivity index (χ0) is 12.6. The van der Waals surface area contributed by atoms with Gasteiger partial charge >= 0.3 is 6.18 Å². The number of hydrogen-bond donors (Lipinski definition) is 1. The van der Waals surface area contributed by atoms with Crippen LogP contribution >= 0.6 is 28.1 Å². The van der Waals surface area contributed by atoms with Gasteiger partial charge in [0.25, 0.3) is 0 Å². The van der Waals surface area contributed by atoms with Crippen molar-refractivity contribution in [1.82, 2.24) is 14.8 Å². The Hall–Kier alpha value is -1.15. The highest BCUT2D eigenvalue weighted by molar-refractivity contribution is 9.10. The van der Waals surface area contributed by atoms with Gasteiger partial charge in [0.2, 0.25) is 0 Å². The van der Waals surface area contributed by atoms with Gasteiger partial charge in [0, 0.05) is 4.47 Å².